The Balaban J connectivity index is 1.62. The van der Waals surface area contributed by atoms with E-state index >= 15 is 0 Å². The van der Waals surface area contributed by atoms with Crippen molar-refractivity contribution in [1.82, 2.24) is 0 Å². The molecule has 1 saturated heterocycles. The summed E-state index contributed by atoms with van der Waals surface area (Å²) in [5.41, 5.74) is 3.07. The van der Waals surface area contributed by atoms with Gasteiger partial charge >= 0.3 is 5.97 Å². The van der Waals surface area contributed by atoms with Crippen LogP contribution >= 0.6 is 0 Å². The van der Waals surface area contributed by atoms with E-state index < -0.39 is 5.60 Å². The van der Waals surface area contributed by atoms with Crippen LogP contribution in [0.15, 0.2) is 76.5 Å². The molecule has 7 nitrogen and oxygen atoms in total. The SMILES string of the molecule is C=C(C)C(=O)O[C@@]1(C)CCN(c2ccc(N=Nc3ccc(C=C(C#N)C#N)cc3)cc2)C1. The van der Waals surface area contributed by atoms with Gasteiger partial charge in [-0.3, -0.25) is 0 Å². The highest BCUT2D eigenvalue weighted by Gasteiger charge is 2.37. The third-order valence-corrected chi connectivity index (χ3v) is 5.06. The van der Waals surface area contributed by atoms with Gasteiger partial charge in [0.25, 0.3) is 0 Å². The summed E-state index contributed by atoms with van der Waals surface area (Å²) in [4.78, 5) is 14.1. The van der Waals surface area contributed by atoms with Crippen molar-refractivity contribution in [3.8, 4) is 12.1 Å². The molecule has 0 aromatic heterocycles. The van der Waals surface area contributed by atoms with Crippen molar-refractivity contribution >= 4 is 29.1 Å². The number of esters is 1. The number of nitriles is 2. The van der Waals surface area contributed by atoms with Crippen LogP contribution in [0.1, 0.15) is 25.8 Å². The van der Waals surface area contributed by atoms with Crippen LogP contribution in [0.2, 0.25) is 0 Å². The lowest BCUT2D eigenvalue weighted by Gasteiger charge is -2.26. The van der Waals surface area contributed by atoms with E-state index in [1.807, 2.05) is 43.3 Å². The quantitative estimate of drug-likeness (QED) is 0.259. The summed E-state index contributed by atoms with van der Waals surface area (Å²) in [6.45, 7) is 8.65. The molecule has 3 rings (SSSR count). The number of hydrogen-bond acceptors (Lipinski definition) is 7. The van der Waals surface area contributed by atoms with Gasteiger partial charge in [-0.25, -0.2) is 4.79 Å². The van der Waals surface area contributed by atoms with Crippen molar-refractivity contribution < 1.29 is 9.53 Å². The predicted molar refractivity (Wildman–Crippen MR) is 122 cm³/mol. The largest absolute Gasteiger partial charge is 0.454 e. The number of carbonyl (C=O) groups excluding carboxylic acids is 1. The number of benzene rings is 2. The molecule has 1 atom stereocenters. The van der Waals surface area contributed by atoms with E-state index in [1.165, 1.54) is 6.08 Å². The van der Waals surface area contributed by atoms with Crippen LogP contribution in [0.3, 0.4) is 0 Å². The van der Waals surface area contributed by atoms with Crippen LogP contribution in [-0.2, 0) is 9.53 Å². The van der Waals surface area contributed by atoms with E-state index in [1.54, 1.807) is 31.2 Å². The first-order chi connectivity index (χ1) is 15.3. The Morgan fingerprint density at radius 2 is 1.66 bits per heavy atom. The van der Waals surface area contributed by atoms with Gasteiger partial charge in [0, 0.05) is 24.2 Å². The first kappa shape index (κ1) is 22.5. The second-order valence-electron chi connectivity index (χ2n) is 7.88. The number of azo groups is 1. The van der Waals surface area contributed by atoms with Crippen LogP contribution < -0.4 is 4.90 Å². The molecule has 1 heterocycles. The molecule has 7 heteroatoms. The van der Waals surface area contributed by atoms with Crippen molar-refractivity contribution in [2.45, 2.75) is 25.9 Å². The van der Waals surface area contributed by atoms with Crippen LogP contribution in [0.25, 0.3) is 6.08 Å². The highest BCUT2D eigenvalue weighted by molar-refractivity contribution is 5.87. The molecule has 0 amide bonds. The molecule has 1 aliphatic heterocycles. The Morgan fingerprint density at radius 3 is 2.19 bits per heavy atom. The normalized spacial score (nSPS) is 17.4. The molecule has 32 heavy (non-hydrogen) atoms. The fourth-order valence-corrected chi connectivity index (χ4v) is 3.29. The minimum Gasteiger partial charge on any atom is -0.454 e. The van der Waals surface area contributed by atoms with E-state index in [-0.39, 0.29) is 11.5 Å². The molecule has 0 bridgehead atoms. The second-order valence-corrected chi connectivity index (χ2v) is 7.88. The van der Waals surface area contributed by atoms with Gasteiger partial charge in [-0.15, -0.1) is 0 Å². The lowest BCUT2D eigenvalue weighted by Crippen LogP contribution is -2.35. The highest BCUT2D eigenvalue weighted by atomic mass is 16.6. The molecule has 0 unspecified atom stereocenters. The summed E-state index contributed by atoms with van der Waals surface area (Å²) in [6.07, 6.45) is 2.27. The summed E-state index contributed by atoms with van der Waals surface area (Å²) in [5, 5.41) is 26.1. The molecule has 1 fully saturated rings. The van der Waals surface area contributed by atoms with Crippen LogP contribution in [0, 0.1) is 22.7 Å². The summed E-state index contributed by atoms with van der Waals surface area (Å²) < 4.78 is 5.62. The van der Waals surface area contributed by atoms with Crippen LogP contribution in [0.4, 0.5) is 17.1 Å². The summed E-state index contributed by atoms with van der Waals surface area (Å²) in [7, 11) is 0. The summed E-state index contributed by atoms with van der Waals surface area (Å²) >= 11 is 0. The van der Waals surface area contributed by atoms with Crippen molar-refractivity contribution in [1.29, 1.82) is 10.5 Å². The van der Waals surface area contributed by atoms with Crippen LogP contribution in [0.5, 0.6) is 0 Å². The van der Waals surface area contributed by atoms with E-state index in [4.69, 9.17) is 15.3 Å². The van der Waals surface area contributed by atoms with Crippen molar-refractivity contribution in [2.75, 3.05) is 18.0 Å². The van der Waals surface area contributed by atoms with E-state index in [0.29, 0.717) is 23.5 Å². The number of carbonyl (C=O) groups is 1. The Hall–Kier alpha value is -4.23. The fourth-order valence-electron chi connectivity index (χ4n) is 3.29. The monoisotopic (exact) mass is 425 g/mol. The molecule has 160 valence electrons. The number of hydrogen-bond donors (Lipinski definition) is 0. The maximum absolute atomic E-state index is 11.9. The topological polar surface area (TPSA) is 102 Å². The maximum Gasteiger partial charge on any atom is 0.333 e. The molecule has 0 spiro atoms. The third kappa shape index (κ3) is 5.68. The first-order valence-electron chi connectivity index (χ1n) is 10.1. The molecule has 1 aliphatic rings. The lowest BCUT2D eigenvalue weighted by molar-refractivity contribution is -0.151. The zero-order valence-corrected chi connectivity index (χ0v) is 18.1. The highest BCUT2D eigenvalue weighted by Crippen LogP contribution is 2.31. The fraction of sp³-hybridized carbons (Fsp3) is 0.240. The Bertz CT molecular complexity index is 1130. The average molecular weight is 425 g/mol. The summed E-state index contributed by atoms with van der Waals surface area (Å²) in [5.74, 6) is -0.357. The van der Waals surface area contributed by atoms with Gasteiger partial charge in [0.05, 0.1) is 17.9 Å². The number of allylic oxidation sites excluding steroid dienone is 1. The van der Waals surface area contributed by atoms with E-state index in [0.717, 1.165) is 24.2 Å². The number of rotatable bonds is 6. The molecule has 0 N–H and O–H groups in total. The van der Waals surface area contributed by atoms with E-state index in [9.17, 15) is 4.79 Å². The Labute approximate surface area is 187 Å². The van der Waals surface area contributed by atoms with Gasteiger partial charge in [0.2, 0.25) is 0 Å². The molecule has 2 aromatic rings. The second kappa shape index (κ2) is 9.72. The Morgan fingerprint density at radius 1 is 1.09 bits per heavy atom. The standard InChI is InChI=1S/C25H23N5O2/c1-18(2)24(31)32-25(3)12-13-30(17-25)23-10-8-22(9-11-23)29-28-21-6-4-19(5-7-21)14-20(15-26)16-27/h4-11,14H,1,12-13,17H2,2-3H3/t25-/m0/s1. The zero-order chi connectivity index (χ0) is 23.1. The summed E-state index contributed by atoms with van der Waals surface area (Å²) in [6, 6.07) is 18.5. The average Bonchev–Trinajstić information content (AvgIpc) is 3.18. The molecular formula is C25H23N5O2. The first-order valence-corrected chi connectivity index (χ1v) is 10.1. The minimum absolute atomic E-state index is 0.0479. The van der Waals surface area contributed by atoms with E-state index in [2.05, 4.69) is 21.7 Å². The number of ether oxygens (including phenoxy) is 1. The number of nitrogens with zero attached hydrogens (tertiary/aromatic N) is 5. The van der Waals surface area contributed by atoms with Crippen molar-refractivity contribution in [3.63, 3.8) is 0 Å². The van der Waals surface area contributed by atoms with Gasteiger partial charge < -0.3 is 9.64 Å². The van der Waals surface area contributed by atoms with Gasteiger partial charge in [-0.05, 0) is 61.9 Å². The van der Waals surface area contributed by atoms with Gasteiger partial charge in [0.15, 0.2) is 0 Å². The lowest BCUT2D eigenvalue weighted by atomic mass is 10.1. The molecule has 0 saturated carbocycles. The smallest absolute Gasteiger partial charge is 0.333 e. The van der Waals surface area contributed by atoms with Crippen molar-refractivity contribution in [2.24, 2.45) is 10.2 Å². The minimum atomic E-state index is -0.531. The van der Waals surface area contributed by atoms with Gasteiger partial charge in [-0.2, -0.15) is 20.8 Å². The maximum atomic E-state index is 11.9. The number of anilines is 1. The van der Waals surface area contributed by atoms with Gasteiger partial charge in [-0.1, -0.05) is 18.7 Å². The van der Waals surface area contributed by atoms with Gasteiger partial charge in [0.1, 0.15) is 23.3 Å². The Kier molecular flexibility index (Phi) is 6.82. The molecule has 2 aromatic carbocycles. The molecular weight excluding hydrogens is 402 g/mol. The zero-order valence-electron chi connectivity index (χ0n) is 18.1. The van der Waals surface area contributed by atoms with Crippen molar-refractivity contribution in [3.05, 3.63) is 71.8 Å². The third-order valence-electron chi connectivity index (χ3n) is 5.06. The molecule has 0 aliphatic carbocycles. The molecule has 0 radical (unpaired) electrons. The van der Waals surface area contributed by atoms with Crippen LogP contribution in [-0.4, -0.2) is 24.7 Å². The predicted octanol–water partition coefficient (Wildman–Crippen LogP) is 5.62.